The molecule has 0 bridgehead atoms. The number of hydrogen-bond acceptors (Lipinski definition) is 6. The predicted molar refractivity (Wildman–Crippen MR) is 108 cm³/mol. The van der Waals surface area contributed by atoms with E-state index in [2.05, 4.69) is 16.0 Å². The maximum atomic E-state index is 12.7. The molecule has 0 aliphatic rings. The van der Waals surface area contributed by atoms with Gasteiger partial charge in [-0.25, -0.2) is 9.59 Å². The number of carbonyl (C=O) groups is 5. The smallest absolute Gasteiger partial charge is 0.408 e. The number of rotatable bonds is 11. The van der Waals surface area contributed by atoms with Gasteiger partial charge in [-0.15, -0.1) is 0 Å². The minimum atomic E-state index is -1.33. The topological polar surface area (TPSA) is 177 Å². The van der Waals surface area contributed by atoms with Gasteiger partial charge in [0, 0.05) is 6.42 Å². The van der Waals surface area contributed by atoms with Crippen LogP contribution in [0.3, 0.4) is 0 Å². The Bertz CT molecular complexity index is 645. The summed E-state index contributed by atoms with van der Waals surface area (Å²) in [6.07, 6.45) is -0.582. The quantitative estimate of drug-likeness (QED) is 0.312. The maximum absolute atomic E-state index is 12.7. The van der Waals surface area contributed by atoms with Gasteiger partial charge in [0.25, 0.3) is 0 Å². The van der Waals surface area contributed by atoms with Crippen LogP contribution in [0.4, 0.5) is 4.79 Å². The van der Waals surface area contributed by atoms with Gasteiger partial charge in [0.1, 0.15) is 23.7 Å². The molecule has 0 heterocycles. The van der Waals surface area contributed by atoms with E-state index in [0.29, 0.717) is 6.42 Å². The van der Waals surface area contributed by atoms with E-state index in [4.69, 9.17) is 15.6 Å². The molecular weight excluding hydrogens is 396 g/mol. The van der Waals surface area contributed by atoms with Crippen molar-refractivity contribution >= 4 is 29.8 Å². The minimum absolute atomic E-state index is 0.174. The molecule has 0 aromatic carbocycles. The van der Waals surface area contributed by atoms with Gasteiger partial charge >= 0.3 is 12.1 Å². The molecular formula is C19H34N4O7. The van der Waals surface area contributed by atoms with Gasteiger partial charge in [0.2, 0.25) is 17.7 Å². The van der Waals surface area contributed by atoms with Crippen LogP contribution in [0, 0.1) is 5.92 Å². The molecule has 6 N–H and O–H groups in total. The fraction of sp³-hybridized carbons (Fsp3) is 0.737. The van der Waals surface area contributed by atoms with Crippen molar-refractivity contribution in [1.29, 1.82) is 0 Å². The van der Waals surface area contributed by atoms with E-state index in [0.717, 1.165) is 0 Å². The summed E-state index contributed by atoms with van der Waals surface area (Å²) < 4.78 is 5.18. The zero-order valence-corrected chi connectivity index (χ0v) is 18.4. The number of alkyl carbamates (subject to hydrolysis) is 1. The number of carboxylic acids is 1. The molecule has 0 aromatic rings. The molecule has 0 saturated heterocycles. The average Bonchev–Trinajstić information content (AvgIpc) is 2.60. The lowest BCUT2D eigenvalue weighted by molar-refractivity contribution is -0.142. The molecule has 0 rings (SSSR count). The summed E-state index contributed by atoms with van der Waals surface area (Å²) in [5.41, 5.74) is 4.26. The van der Waals surface area contributed by atoms with E-state index >= 15 is 0 Å². The van der Waals surface area contributed by atoms with E-state index in [9.17, 15) is 24.0 Å². The van der Waals surface area contributed by atoms with Gasteiger partial charge in [-0.1, -0.05) is 20.3 Å². The fourth-order valence-electron chi connectivity index (χ4n) is 2.35. The summed E-state index contributed by atoms with van der Waals surface area (Å²) in [6.45, 7) is 10.0. The first-order chi connectivity index (χ1) is 13.7. The highest BCUT2D eigenvalue weighted by Crippen LogP contribution is 2.11. The molecule has 0 radical (unpaired) electrons. The molecule has 0 aromatic heterocycles. The van der Waals surface area contributed by atoms with Crippen molar-refractivity contribution in [2.24, 2.45) is 11.7 Å². The van der Waals surface area contributed by atoms with Crippen molar-refractivity contribution < 1.29 is 33.8 Å². The lowest BCUT2D eigenvalue weighted by Crippen LogP contribution is -2.56. The Kier molecular flexibility index (Phi) is 10.8. The van der Waals surface area contributed by atoms with Crippen LogP contribution in [0.5, 0.6) is 0 Å². The Morgan fingerprint density at radius 1 is 1.00 bits per heavy atom. The Morgan fingerprint density at radius 2 is 1.57 bits per heavy atom. The summed E-state index contributed by atoms with van der Waals surface area (Å²) >= 11 is 0. The Labute approximate surface area is 176 Å². The lowest BCUT2D eigenvalue weighted by atomic mass is 9.98. The molecule has 0 aliphatic heterocycles. The van der Waals surface area contributed by atoms with Gasteiger partial charge in [0.15, 0.2) is 0 Å². The number of ether oxygens (including phenoxy) is 1. The maximum Gasteiger partial charge on any atom is 0.408 e. The number of nitrogens with one attached hydrogen (secondary N) is 3. The highest BCUT2D eigenvalue weighted by atomic mass is 16.6. The highest BCUT2D eigenvalue weighted by molar-refractivity contribution is 5.92. The fourth-order valence-corrected chi connectivity index (χ4v) is 2.35. The number of aliphatic carboxylic acids is 1. The van der Waals surface area contributed by atoms with Gasteiger partial charge in [-0.2, -0.15) is 0 Å². The van der Waals surface area contributed by atoms with Crippen LogP contribution in [-0.4, -0.2) is 58.6 Å². The van der Waals surface area contributed by atoms with Gasteiger partial charge in [0.05, 0.1) is 0 Å². The molecule has 0 spiro atoms. The van der Waals surface area contributed by atoms with E-state index in [1.165, 1.54) is 6.92 Å². The van der Waals surface area contributed by atoms with Gasteiger partial charge in [-0.05, 0) is 40.0 Å². The number of amides is 4. The highest BCUT2D eigenvalue weighted by Gasteiger charge is 2.31. The third-order valence-electron chi connectivity index (χ3n) is 4.21. The van der Waals surface area contributed by atoms with Crippen LogP contribution in [-0.2, 0) is 23.9 Å². The van der Waals surface area contributed by atoms with E-state index in [-0.39, 0.29) is 18.8 Å². The molecule has 30 heavy (non-hydrogen) atoms. The molecule has 0 aliphatic carbocycles. The Balaban J connectivity index is 5.07. The van der Waals surface area contributed by atoms with Gasteiger partial charge < -0.3 is 31.5 Å². The third kappa shape index (κ3) is 10.6. The van der Waals surface area contributed by atoms with Crippen LogP contribution in [0.2, 0.25) is 0 Å². The number of hydrogen-bond donors (Lipinski definition) is 5. The standard InChI is InChI=1S/C19H34N4O7/c1-7-10(2)14(23-18(29)30-19(4,5)6)16(26)21-11(3)15(25)22-12(17(27)28)8-9-13(20)24/h10-12,14H,7-9H2,1-6H3,(H2,20,24)(H,21,26)(H,22,25)(H,23,29)(H,27,28)/t10-,11-,12-,14-/m0/s1. The molecule has 0 fully saturated rings. The van der Waals surface area contributed by atoms with Gasteiger partial charge in [-0.3, -0.25) is 14.4 Å². The number of carbonyl (C=O) groups excluding carboxylic acids is 4. The number of nitrogens with two attached hydrogens (primary N) is 1. The summed E-state index contributed by atoms with van der Waals surface area (Å²) in [4.78, 5) is 59.1. The van der Waals surface area contributed by atoms with Crippen molar-refractivity contribution in [2.75, 3.05) is 0 Å². The molecule has 0 unspecified atom stereocenters. The summed E-state index contributed by atoms with van der Waals surface area (Å²) in [7, 11) is 0. The molecule has 0 saturated carbocycles. The summed E-state index contributed by atoms with van der Waals surface area (Å²) in [5, 5.41) is 16.4. The first-order valence-electron chi connectivity index (χ1n) is 9.79. The van der Waals surface area contributed by atoms with Crippen molar-refractivity contribution in [3.8, 4) is 0 Å². The van der Waals surface area contributed by atoms with E-state index in [1.54, 1.807) is 27.7 Å². The molecule has 4 atom stereocenters. The second kappa shape index (κ2) is 12.0. The second-order valence-corrected chi connectivity index (χ2v) is 8.14. The van der Waals surface area contributed by atoms with Crippen molar-refractivity contribution in [3.05, 3.63) is 0 Å². The SMILES string of the molecule is CC[C@H](C)[C@H](NC(=O)OC(C)(C)C)C(=O)N[C@@H](C)C(=O)N[C@@H](CCC(N)=O)C(=O)O. The predicted octanol–water partition coefficient (Wildman–Crippen LogP) is 0.265. The zero-order chi connectivity index (χ0) is 23.6. The van der Waals surface area contributed by atoms with Crippen molar-refractivity contribution in [2.45, 2.75) is 84.5 Å². The van der Waals surface area contributed by atoms with E-state index < -0.39 is 53.5 Å². The van der Waals surface area contributed by atoms with E-state index in [1.807, 2.05) is 6.92 Å². The zero-order valence-electron chi connectivity index (χ0n) is 18.4. The van der Waals surface area contributed by atoms with Crippen LogP contribution in [0.15, 0.2) is 0 Å². The second-order valence-electron chi connectivity index (χ2n) is 8.14. The first kappa shape index (κ1) is 27.1. The average molecular weight is 431 g/mol. The summed E-state index contributed by atoms with van der Waals surface area (Å²) in [6, 6.07) is -3.36. The largest absolute Gasteiger partial charge is 0.480 e. The Hall–Kier alpha value is -2.85. The molecule has 11 heteroatoms. The summed E-state index contributed by atoms with van der Waals surface area (Å²) in [5.74, 6) is -3.63. The van der Waals surface area contributed by atoms with Crippen LogP contribution >= 0.6 is 0 Å². The monoisotopic (exact) mass is 430 g/mol. The third-order valence-corrected chi connectivity index (χ3v) is 4.21. The van der Waals surface area contributed by atoms with Crippen LogP contribution in [0.1, 0.15) is 60.8 Å². The number of primary amides is 1. The minimum Gasteiger partial charge on any atom is -0.480 e. The molecule has 172 valence electrons. The Morgan fingerprint density at radius 3 is 2.00 bits per heavy atom. The molecule has 11 nitrogen and oxygen atoms in total. The van der Waals surface area contributed by atoms with Crippen LogP contribution in [0.25, 0.3) is 0 Å². The van der Waals surface area contributed by atoms with Crippen LogP contribution < -0.4 is 21.7 Å². The normalized spacial score (nSPS) is 15.1. The number of carboxylic acid groups (broad SMARTS) is 1. The van der Waals surface area contributed by atoms with Crippen molar-refractivity contribution in [1.82, 2.24) is 16.0 Å². The molecule has 4 amide bonds. The van der Waals surface area contributed by atoms with Crippen molar-refractivity contribution in [3.63, 3.8) is 0 Å². The lowest BCUT2D eigenvalue weighted by Gasteiger charge is -2.27. The first-order valence-corrected chi connectivity index (χ1v) is 9.79.